The number of nitrogens with zero attached hydrogens (tertiary/aromatic N) is 3. The van der Waals surface area contributed by atoms with Crippen molar-refractivity contribution in [2.24, 2.45) is 10.1 Å². The van der Waals surface area contributed by atoms with E-state index >= 15 is 0 Å². The Morgan fingerprint density at radius 1 is 1.03 bits per heavy atom. The van der Waals surface area contributed by atoms with Crippen LogP contribution in [0.3, 0.4) is 0 Å². The lowest BCUT2D eigenvalue weighted by Crippen LogP contribution is -2.20. The molecule has 0 fully saturated rings. The van der Waals surface area contributed by atoms with E-state index in [2.05, 4.69) is 49.3 Å². The quantitative estimate of drug-likeness (QED) is 0.0976. The van der Waals surface area contributed by atoms with Gasteiger partial charge in [-0.2, -0.15) is 5.10 Å². The summed E-state index contributed by atoms with van der Waals surface area (Å²) < 4.78 is 7.61. The van der Waals surface area contributed by atoms with Gasteiger partial charge in [0.05, 0.1) is 24.0 Å². The van der Waals surface area contributed by atoms with Crippen molar-refractivity contribution in [1.29, 1.82) is 0 Å². The van der Waals surface area contributed by atoms with Crippen LogP contribution in [0.15, 0.2) is 91.8 Å². The minimum absolute atomic E-state index is 0.553. The fraction of sp³-hybridized carbons (Fsp3) is 0.179. The lowest BCUT2D eigenvalue weighted by Gasteiger charge is -2.10. The van der Waals surface area contributed by atoms with Gasteiger partial charge in [0.25, 0.3) is 0 Å². The Kier molecular flexibility index (Phi) is 8.66. The third-order valence-corrected chi connectivity index (χ3v) is 6.38. The van der Waals surface area contributed by atoms with Gasteiger partial charge >= 0.3 is 0 Å². The molecular formula is C28H26Br2N4O. The van der Waals surface area contributed by atoms with Crippen LogP contribution in [0.25, 0.3) is 10.9 Å². The average Bonchev–Trinajstić information content (AvgIpc) is 2.86. The van der Waals surface area contributed by atoms with Crippen LogP contribution in [-0.2, 0) is 0 Å². The molecule has 0 radical (unpaired) electrons. The van der Waals surface area contributed by atoms with Crippen molar-refractivity contribution in [3.8, 4) is 5.75 Å². The first-order valence-electron chi connectivity index (χ1n) is 11.5. The minimum Gasteiger partial charge on any atom is -0.494 e. The highest BCUT2D eigenvalue weighted by Gasteiger charge is 2.11. The molecule has 1 heterocycles. The first-order chi connectivity index (χ1) is 17.0. The molecule has 0 bridgehead atoms. The summed E-state index contributed by atoms with van der Waals surface area (Å²) in [5.41, 5.74) is 7.50. The number of rotatable bonds is 8. The van der Waals surface area contributed by atoms with Crippen molar-refractivity contribution in [3.63, 3.8) is 0 Å². The van der Waals surface area contributed by atoms with E-state index in [-0.39, 0.29) is 0 Å². The maximum Gasteiger partial charge on any atom is 0.173 e. The molecule has 0 atom stereocenters. The van der Waals surface area contributed by atoms with E-state index < -0.39 is 0 Å². The van der Waals surface area contributed by atoms with Crippen LogP contribution in [-0.4, -0.2) is 23.6 Å². The van der Waals surface area contributed by atoms with Gasteiger partial charge in [0.15, 0.2) is 5.84 Å². The van der Waals surface area contributed by atoms with Gasteiger partial charge in [-0.15, -0.1) is 0 Å². The van der Waals surface area contributed by atoms with Crippen molar-refractivity contribution in [3.05, 3.63) is 98.6 Å². The number of fused-ring (bicyclic) bond motifs is 1. The van der Waals surface area contributed by atoms with Crippen LogP contribution in [0.2, 0.25) is 0 Å². The molecule has 178 valence electrons. The Balaban J connectivity index is 1.62. The molecule has 1 aromatic heterocycles. The lowest BCUT2D eigenvalue weighted by molar-refractivity contribution is 0.309. The molecule has 0 amide bonds. The number of nitrogens with one attached hydrogen (secondary N) is 1. The van der Waals surface area contributed by atoms with E-state index in [1.165, 1.54) is 0 Å². The van der Waals surface area contributed by atoms with Gasteiger partial charge in [-0.3, -0.25) is 5.43 Å². The first kappa shape index (κ1) is 25.1. The van der Waals surface area contributed by atoms with Crippen LogP contribution in [0, 0.1) is 6.92 Å². The van der Waals surface area contributed by atoms with E-state index in [4.69, 9.17) is 14.7 Å². The Hall–Kier alpha value is -3.03. The molecule has 35 heavy (non-hydrogen) atoms. The van der Waals surface area contributed by atoms with Crippen LogP contribution in [0.5, 0.6) is 5.75 Å². The smallest absolute Gasteiger partial charge is 0.173 e. The first-order valence-corrected chi connectivity index (χ1v) is 13.0. The zero-order chi connectivity index (χ0) is 24.6. The largest absolute Gasteiger partial charge is 0.494 e. The number of hydrogen-bond donors (Lipinski definition) is 1. The van der Waals surface area contributed by atoms with Crippen molar-refractivity contribution < 1.29 is 4.74 Å². The topological polar surface area (TPSA) is 58.9 Å². The van der Waals surface area contributed by atoms with Crippen molar-refractivity contribution >= 4 is 60.5 Å². The van der Waals surface area contributed by atoms with Crippen molar-refractivity contribution in [2.45, 2.75) is 26.7 Å². The number of amidine groups is 1. The van der Waals surface area contributed by atoms with E-state index in [9.17, 15) is 0 Å². The zero-order valence-corrected chi connectivity index (χ0v) is 22.8. The fourth-order valence-electron chi connectivity index (χ4n) is 3.44. The second kappa shape index (κ2) is 12.1. The summed E-state index contributed by atoms with van der Waals surface area (Å²) in [4.78, 5) is 9.72. The Bertz CT molecular complexity index is 1340. The molecule has 3 aromatic carbocycles. The van der Waals surface area contributed by atoms with Gasteiger partial charge < -0.3 is 4.74 Å². The standard InChI is InChI=1S/C28H26Br2N4O/c1-3-4-15-35-23-12-9-20(10-13-23)18-31-34-28(33-27-19(2)16-22(29)17-24(27)30)26-14-11-21-7-5-6-8-25(21)32-26/h5-14,16-18H,3-4,15H2,1-2H3,(H,33,34)/b31-18+. The second-order valence-corrected chi connectivity index (χ2v) is 9.81. The minimum atomic E-state index is 0.553. The number of aliphatic imine (C=N–C) groups is 1. The normalized spacial score (nSPS) is 11.8. The third-order valence-electron chi connectivity index (χ3n) is 5.31. The maximum atomic E-state index is 5.74. The summed E-state index contributed by atoms with van der Waals surface area (Å²) >= 11 is 7.17. The molecule has 0 unspecified atom stereocenters. The number of para-hydroxylation sites is 1. The van der Waals surface area contributed by atoms with Crippen molar-refractivity contribution in [2.75, 3.05) is 6.61 Å². The summed E-state index contributed by atoms with van der Waals surface area (Å²) in [7, 11) is 0. The second-order valence-electron chi connectivity index (χ2n) is 8.04. The van der Waals surface area contributed by atoms with Gasteiger partial charge in [-0.1, -0.05) is 53.5 Å². The average molecular weight is 594 g/mol. The van der Waals surface area contributed by atoms with E-state index in [1.807, 2.05) is 79.7 Å². The van der Waals surface area contributed by atoms with Gasteiger partial charge in [0, 0.05) is 14.3 Å². The number of pyridine rings is 1. The summed E-state index contributed by atoms with van der Waals surface area (Å²) in [5, 5.41) is 5.54. The van der Waals surface area contributed by atoms with Crippen LogP contribution >= 0.6 is 31.9 Å². The number of aryl methyl sites for hydroxylation is 1. The van der Waals surface area contributed by atoms with E-state index in [0.29, 0.717) is 11.5 Å². The molecule has 4 rings (SSSR count). The molecule has 1 N–H and O–H groups in total. The van der Waals surface area contributed by atoms with Crippen LogP contribution in [0.4, 0.5) is 5.69 Å². The number of hydrazone groups is 1. The molecular weight excluding hydrogens is 568 g/mol. The summed E-state index contributed by atoms with van der Waals surface area (Å²) in [6, 6.07) is 23.9. The number of aromatic nitrogens is 1. The molecule has 0 aliphatic heterocycles. The van der Waals surface area contributed by atoms with E-state index in [1.54, 1.807) is 6.21 Å². The van der Waals surface area contributed by atoms with Gasteiger partial charge in [0.2, 0.25) is 0 Å². The highest BCUT2D eigenvalue weighted by Crippen LogP contribution is 2.33. The molecule has 4 aromatic rings. The predicted molar refractivity (Wildman–Crippen MR) is 152 cm³/mol. The number of ether oxygens (including phenoxy) is 1. The number of halogens is 2. The molecule has 0 saturated carbocycles. The van der Waals surface area contributed by atoms with Crippen LogP contribution in [0.1, 0.15) is 36.6 Å². The Morgan fingerprint density at radius 3 is 2.60 bits per heavy atom. The predicted octanol–water partition coefficient (Wildman–Crippen LogP) is 7.95. The molecule has 5 nitrogen and oxygen atoms in total. The van der Waals surface area contributed by atoms with Gasteiger partial charge in [-0.05, 0) is 88.9 Å². The molecule has 0 saturated heterocycles. The highest BCUT2D eigenvalue weighted by atomic mass is 79.9. The SMILES string of the molecule is CCCCOc1ccc(/C=N/NC(=Nc2c(C)cc(Br)cc2Br)c2ccc3ccccc3n2)cc1. The molecule has 0 aliphatic rings. The lowest BCUT2D eigenvalue weighted by atomic mass is 10.2. The maximum absolute atomic E-state index is 5.74. The number of hydrogen-bond acceptors (Lipinski definition) is 4. The molecule has 7 heteroatoms. The molecule has 0 aliphatic carbocycles. The summed E-state index contributed by atoms with van der Waals surface area (Å²) in [6.07, 6.45) is 3.92. The number of unbranched alkanes of at least 4 members (excludes halogenated alkanes) is 1. The molecule has 0 spiro atoms. The number of benzene rings is 3. The summed E-state index contributed by atoms with van der Waals surface area (Å²) in [5.74, 6) is 1.42. The van der Waals surface area contributed by atoms with E-state index in [0.717, 1.165) is 61.9 Å². The zero-order valence-electron chi connectivity index (χ0n) is 19.6. The Labute approximate surface area is 222 Å². The fourth-order valence-corrected chi connectivity index (χ4v) is 4.97. The third kappa shape index (κ3) is 6.77. The van der Waals surface area contributed by atoms with Gasteiger partial charge in [-0.25, -0.2) is 9.98 Å². The van der Waals surface area contributed by atoms with Crippen molar-refractivity contribution in [1.82, 2.24) is 10.4 Å². The summed E-state index contributed by atoms with van der Waals surface area (Å²) in [6.45, 7) is 4.90. The van der Waals surface area contributed by atoms with Gasteiger partial charge in [0.1, 0.15) is 11.4 Å². The Morgan fingerprint density at radius 2 is 1.83 bits per heavy atom. The monoisotopic (exact) mass is 592 g/mol. The van der Waals surface area contributed by atoms with Crippen LogP contribution < -0.4 is 10.2 Å². The highest BCUT2D eigenvalue weighted by molar-refractivity contribution is 9.11.